The number of hydrogen-bond donors (Lipinski definition) is 1. The molecule has 0 aliphatic carbocycles. The van der Waals surface area contributed by atoms with E-state index in [1.807, 2.05) is 12.1 Å². The molecule has 0 saturated carbocycles. The average Bonchev–Trinajstić information content (AvgIpc) is 3.23. The molecule has 1 aromatic heterocycles. The molecule has 1 unspecified atom stereocenters. The summed E-state index contributed by atoms with van der Waals surface area (Å²) in [6, 6.07) is 4.51. The van der Waals surface area contributed by atoms with Crippen molar-refractivity contribution >= 4 is 50.8 Å². The van der Waals surface area contributed by atoms with Gasteiger partial charge in [-0.3, -0.25) is 14.4 Å². The number of benzene rings is 1. The third-order valence-electron chi connectivity index (χ3n) is 6.74. The third kappa shape index (κ3) is 8.34. The van der Waals surface area contributed by atoms with Gasteiger partial charge in [-0.1, -0.05) is 76.3 Å². The molecule has 2 aromatic rings. The van der Waals surface area contributed by atoms with Gasteiger partial charge in [-0.25, -0.2) is 0 Å². The van der Waals surface area contributed by atoms with Crippen LogP contribution in [-0.4, -0.2) is 55.5 Å². The van der Waals surface area contributed by atoms with Crippen LogP contribution >= 0.6 is 22.9 Å². The molecule has 0 radical (unpaired) electrons. The van der Waals surface area contributed by atoms with Crippen LogP contribution < -0.4 is 10.1 Å². The van der Waals surface area contributed by atoms with Gasteiger partial charge in [0.2, 0.25) is 5.91 Å². The lowest BCUT2D eigenvalue weighted by molar-refractivity contribution is -0.147. The monoisotopic (exact) mass is 550 g/mol. The van der Waals surface area contributed by atoms with E-state index < -0.39 is 12.0 Å². The smallest absolute Gasteiger partial charge is 0.308 e. The van der Waals surface area contributed by atoms with Gasteiger partial charge in [0.15, 0.2) is 0 Å². The largest absolute Gasteiger partial charge is 0.497 e. The number of piperazine rings is 1. The van der Waals surface area contributed by atoms with Gasteiger partial charge in [0.05, 0.1) is 25.2 Å². The number of hydrogen-bond acceptors (Lipinski definition) is 6. The molecule has 3 rings (SSSR count). The Kier molecular flexibility index (Phi) is 12.0. The quantitative estimate of drug-likeness (QED) is 0.206. The molecule has 1 fully saturated rings. The van der Waals surface area contributed by atoms with Gasteiger partial charge in [0, 0.05) is 23.2 Å². The van der Waals surface area contributed by atoms with E-state index in [2.05, 4.69) is 12.2 Å². The number of esters is 1. The van der Waals surface area contributed by atoms with Crippen molar-refractivity contribution < 1.29 is 23.9 Å². The van der Waals surface area contributed by atoms with Gasteiger partial charge < -0.3 is 19.7 Å². The molecule has 1 aliphatic heterocycles. The predicted octanol–water partition coefficient (Wildman–Crippen LogP) is 6.36. The number of carbonyl (C=O) groups excluding carboxylic acids is 3. The van der Waals surface area contributed by atoms with Crippen molar-refractivity contribution in [3.8, 4) is 5.75 Å². The van der Waals surface area contributed by atoms with Crippen LogP contribution in [0.25, 0.3) is 10.1 Å². The second-order valence-electron chi connectivity index (χ2n) is 9.52. The first kappa shape index (κ1) is 29.2. The number of fused-ring (bicyclic) bond motifs is 1. The van der Waals surface area contributed by atoms with Gasteiger partial charge >= 0.3 is 5.97 Å². The highest BCUT2D eigenvalue weighted by atomic mass is 35.5. The van der Waals surface area contributed by atoms with Crippen LogP contribution in [0.2, 0.25) is 5.02 Å². The van der Waals surface area contributed by atoms with Crippen LogP contribution in [-0.2, 0) is 14.3 Å². The maximum atomic E-state index is 13.4. The van der Waals surface area contributed by atoms with E-state index >= 15 is 0 Å². The first-order valence-electron chi connectivity index (χ1n) is 13.5. The molecule has 1 aliphatic rings. The van der Waals surface area contributed by atoms with E-state index in [0.717, 1.165) is 29.3 Å². The van der Waals surface area contributed by atoms with E-state index in [9.17, 15) is 14.4 Å². The molecular weight excluding hydrogens is 512 g/mol. The van der Waals surface area contributed by atoms with Gasteiger partial charge in [0.25, 0.3) is 5.91 Å². The number of halogens is 1. The summed E-state index contributed by atoms with van der Waals surface area (Å²) in [6.07, 6.45) is 11.8. The highest BCUT2D eigenvalue weighted by molar-refractivity contribution is 7.21. The van der Waals surface area contributed by atoms with Crippen molar-refractivity contribution in [2.24, 2.45) is 0 Å². The lowest BCUT2D eigenvalue weighted by Gasteiger charge is -2.34. The number of unbranched alkanes of at least 4 members (excludes halogenated alkanes) is 9. The molecule has 2 heterocycles. The average molecular weight is 551 g/mol. The zero-order chi connectivity index (χ0) is 26.6. The van der Waals surface area contributed by atoms with Crippen molar-refractivity contribution in [3.63, 3.8) is 0 Å². The summed E-state index contributed by atoms with van der Waals surface area (Å²) in [4.78, 5) is 40.4. The molecule has 9 heteroatoms. The van der Waals surface area contributed by atoms with Crippen LogP contribution in [0.5, 0.6) is 5.75 Å². The van der Waals surface area contributed by atoms with Crippen LogP contribution in [0, 0.1) is 0 Å². The molecule has 37 heavy (non-hydrogen) atoms. The molecule has 0 spiro atoms. The fourth-order valence-electron chi connectivity index (χ4n) is 4.59. The Bertz CT molecular complexity index is 1060. The summed E-state index contributed by atoms with van der Waals surface area (Å²) < 4.78 is 11.5. The summed E-state index contributed by atoms with van der Waals surface area (Å²) in [5.41, 5.74) is 0. The van der Waals surface area contributed by atoms with Gasteiger partial charge in [0.1, 0.15) is 16.7 Å². The zero-order valence-corrected chi connectivity index (χ0v) is 23.6. The molecule has 1 saturated heterocycles. The van der Waals surface area contributed by atoms with Gasteiger partial charge in [-0.05, 0) is 24.6 Å². The van der Waals surface area contributed by atoms with Crippen molar-refractivity contribution in [3.05, 3.63) is 28.1 Å². The standard InChI is InChI=1S/C28H39ClN2O5S/c1-3-4-5-6-7-8-9-10-11-12-17-36-24(32)19-22-27(33)30-15-16-31(22)28(34)26-25(29)21-14-13-20(35-2)18-23(21)37-26/h13-14,18,22H,3-12,15-17,19H2,1-2H3,(H,30,33). The maximum Gasteiger partial charge on any atom is 0.308 e. The number of rotatable bonds is 15. The maximum absolute atomic E-state index is 13.4. The number of nitrogens with zero attached hydrogens (tertiary/aromatic N) is 1. The highest BCUT2D eigenvalue weighted by Crippen LogP contribution is 2.38. The fourth-order valence-corrected chi connectivity index (χ4v) is 6.09. The summed E-state index contributed by atoms with van der Waals surface area (Å²) in [5, 5.41) is 3.86. The number of methoxy groups -OCH3 is 1. The first-order valence-corrected chi connectivity index (χ1v) is 14.7. The van der Waals surface area contributed by atoms with Crippen molar-refractivity contribution in [1.29, 1.82) is 0 Å². The second-order valence-corrected chi connectivity index (χ2v) is 10.9. The Morgan fingerprint density at radius 2 is 1.76 bits per heavy atom. The minimum Gasteiger partial charge on any atom is -0.497 e. The highest BCUT2D eigenvalue weighted by Gasteiger charge is 2.37. The van der Waals surface area contributed by atoms with Crippen LogP contribution in [0.15, 0.2) is 18.2 Å². The molecule has 1 atom stereocenters. The molecule has 7 nitrogen and oxygen atoms in total. The van der Waals surface area contributed by atoms with Crippen molar-refractivity contribution in [2.75, 3.05) is 26.8 Å². The minimum absolute atomic E-state index is 0.175. The van der Waals surface area contributed by atoms with E-state index in [0.29, 0.717) is 35.3 Å². The van der Waals surface area contributed by atoms with E-state index in [1.54, 1.807) is 13.2 Å². The molecule has 0 bridgehead atoms. The zero-order valence-electron chi connectivity index (χ0n) is 22.0. The van der Waals surface area contributed by atoms with E-state index in [1.165, 1.54) is 61.2 Å². The number of nitrogens with one attached hydrogen (secondary N) is 1. The van der Waals surface area contributed by atoms with Crippen LogP contribution in [0.4, 0.5) is 0 Å². The molecule has 1 aromatic carbocycles. The Morgan fingerprint density at radius 3 is 2.43 bits per heavy atom. The number of amides is 2. The van der Waals surface area contributed by atoms with Crippen LogP contribution in [0.1, 0.15) is 87.2 Å². The number of thiophene rings is 1. The Morgan fingerprint density at radius 1 is 1.08 bits per heavy atom. The SMILES string of the molecule is CCCCCCCCCCCCOC(=O)CC1C(=O)NCCN1C(=O)c1sc2cc(OC)ccc2c1Cl. The summed E-state index contributed by atoms with van der Waals surface area (Å²) in [7, 11) is 1.58. The molecule has 204 valence electrons. The Labute approximate surface area is 228 Å². The number of ether oxygens (including phenoxy) is 2. The van der Waals surface area contributed by atoms with E-state index in [4.69, 9.17) is 21.1 Å². The Balaban J connectivity index is 1.48. The van der Waals surface area contributed by atoms with Crippen molar-refractivity contribution in [2.45, 2.75) is 83.6 Å². The van der Waals surface area contributed by atoms with E-state index in [-0.39, 0.29) is 18.2 Å². The summed E-state index contributed by atoms with van der Waals surface area (Å²) >= 11 is 7.80. The van der Waals surface area contributed by atoms with Crippen molar-refractivity contribution in [1.82, 2.24) is 10.2 Å². The van der Waals surface area contributed by atoms with Gasteiger partial charge in [-0.15, -0.1) is 11.3 Å². The topological polar surface area (TPSA) is 84.9 Å². The summed E-state index contributed by atoms with van der Waals surface area (Å²) in [5.74, 6) is -0.505. The lowest BCUT2D eigenvalue weighted by Crippen LogP contribution is -2.57. The minimum atomic E-state index is -0.919. The Hall–Kier alpha value is -2.32. The predicted molar refractivity (Wildman–Crippen MR) is 149 cm³/mol. The molecule has 2 amide bonds. The fraction of sp³-hybridized carbons (Fsp3) is 0.607. The third-order valence-corrected chi connectivity index (χ3v) is 8.39. The normalized spacial score (nSPS) is 15.6. The van der Waals surface area contributed by atoms with Gasteiger partial charge in [-0.2, -0.15) is 0 Å². The van der Waals surface area contributed by atoms with Crippen LogP contribution in [0.3, 0.4) is 0 Å². The molecule has 1 N–H and O–H groups in total. The number of carbonyl (C=O) groups is 3. The molecular formula is C28H39ClN2O5S. The summed E-state index contributed by atoms with van der Waals surface area (Å²) in [6.45, 7) is 3.19. The lowest BCUT2D eigenvalue weighted by atomic mass is 10.1. The second kappa shape index (κ2) is 15.2. The first-order chi connectivity index (χ1) is 18.0.